The lowest BCUT2D eigenvalue weighted by molar-refractivity contribution is 0.102. The van der Waals surface area contributed by atoms with Crippen LogP contribution in [0.4, 0.5) is 5.69 Å². The van der Waals surface area contributed by atoms with E-state index in [4.69, 9.17) is 5.73 Å². The quantitative estimate of drug-likeness (QED) is 0.0300. The monoisotopic (exact) mass is 1020 g/mol. The molecule has 0 bridgehead atoms. The Morgan fingerprint density at radius 2 is 0.768 bits per heavy atom. The van der Waals surface area contributed by atoms with Gasteiger partial charge in [-0.1, -0.05) is 181 Å². The molecule has 15 heteroatoms. The number of sulfone groups is 4. The van der Waals surface area contributed by atoms with E-state index >= 15 is 0 Å². The third-order valence-electron chi connectivity index (χ3n) is 11.4. The molecule has 0 aliphatic rings. The first-order valence-corrected chi connectivity index (χ1v) is 30.7. The molecule has 2 N–H and O–H groups in total. The van der Waals surface area contributed by atoms with Crippen LogP contribution in [0.2, 0.25) is 0 Å². The number of ketones is 1. The molecule has 0 unspecified atom stereocenters. The minimum atomic E-state index is -3.59. The molecule has 69 heavy (non-hydrogen) atoms. The molecule has 0 fully saturated rings. The Bertz CT molecular complexity index is 2620. The van der Waals surface area contributed by atoms with Gasteiger partial charge in [0.15, 0.2) is 45.1 Å². The lowest BCUT2D eigenvalue weighted by atomic mass is 10.0. The Morgan fingerprint density at radius 1 is 0.420 bits per heavy atom. The summed E-state index contributed by atoms with van der Waals surface area (Å²) in [6, 6.07) is 36.0. The van der Waals surface area contributed by atoms with Crippen LogP contribution in [-0.2, 0) is 39.3 Å². The van der Waals surface area contributed by atoms with Gasteiger partial charge in [-0.05, 0) is 87.5 Å². The number of unbranched alkanes of at least 4 members (excludes halogenated alkanes) is 13. The van der Waals surface area contributed by atoms with Crippen molar-refractivity contribution in [1.82, 2.24) is 4.90 Å². The van der Waals surface area contributed by atoms with Gasteiger partial charge in [0.1, 0.15) is 17.5 Å². The molecule has 5 aromatic carbocycles. The number of Topliss-reactive ketones (excluding diaryl/α,β-unsaturated/α-hetero) is 1. The molecule has 0 saturated carbocycles. The average Bonchev–Trinajstić information content (AvgIpc) is 3.32. The summed E-state index contributed by atoms with van der Waals surface area (Å²) in [5, 5.41) is 0. The second kappa shape index (κ2) is 30.2. The summed E-state index contributed by atoms with van der Waals surface area (Å²) in [5.41, 5.74) is 8.55. The van der Waals surface area contributed by atoms with Crippen LogP contribution in [0.1, 0.15) is 125 Å². The van der Waals surface area contributed by atoms with Crippen molar-refractivity contribution < 1.29 is 38.5 Å². The molecule has 0 aromatic heterocycles. The van der Waals surface area contributed by atoms with Gasteiger partial charge in [-0.2, -0.15) is 0 Å². The topological polar surface area (TPSA) is 183 Å². The van der Waals surface area contributed by atoms with Crippen molar-refractivity contribution in [2.45, 2.75) is 137 Å². The summed E-state index contributed by atoms with van der Waals surface area (Å²) in [6.07, 6.45) is 17.8. The standard InChI is InChI=1S/C22H39NO2S.C18H23NO4S2.C14H12O3S/c1-2-3-4-5-6-7-8-9-10-11-12-13-14-15-20-26(24,25)22-18-16-21(23)17-19-22;1-4-19(13-24(20,21)17-9-5-15(2)6-10-17)14-25(22,23)18-11-7-16(3)8-12-18;15-14(12-7-3-1-4-8-12)11-18(16,17)13-9-5-2-6-10-13/h16-19H,2-15,20,23H2,1H3;5-12H,4,13-14H2,1-3H3;1-10H,11H2. The van der Waals surface area contributed by atoms with E-state index in [1.807, 2.05) is 13.8 Å². The highest BCUT2D eigenvalue weighted by atomic mass is 32.2. The maximum Gasteiger partial charge on any atom is 0.191 e. The molecule has 11 nitrogen and oxygen atoms in total. The number of nitrogen functional groups attached to an aromatic ring is 1. The number of benzene rings is 5. The molecule has 0 amide bonds. The van der Waals surface area contributed by atoms with Crippen molar-refractivity contribution in [2.75, 3.05) is 35.5 Å². The van der Waals surface area contributed by atoms with E-state index in [0.717, 1.165) is 30.4 Å². The maximum absolute atomic E-state index is 12.5. The SMILES string of the molecule is CCCCCCCCCCCCCCCCS(=O)(=O)c1ccc(N)cc1.CCN(CS(=O)(=O)c1ccc(C)cc1)CS(=O)(=O)c1ccc(C)cc1.O=C(CS(=O)(=O)c1ccccc1)c1ccccc1. The van der Waals surface area contributed by atoms with E-state index in [9.17, 15) is 38.5 Å². The molecule has 0 atom stereocenters. The van der Waals surface area contributed by atoms with Gasteiger partial charge in [-0.15, -0.1) is 0 Å². The van der Waals surface area contributed by atoms with Crippen molar-refractivity contribution >= 4 is 50.8 Å². The Kier molecular flexibility index (Phi) is 25.6. The van der Waals surface area contributed by atoms with E-state index in [-0.39, 0.29) is 38.0 Å². The maximum atomic E-state index is 12.5. The van der Waals surface area contributed by atoms with Crippen LogP contribution >= 0.6 is 0 Å². The fourth-order valence-electron chi connectivity index (χ4n) is 7.21. The molecule has 0 radical (unpaired) electrons. The third kappa shape index (κ3) is 22.3. The largest absolute Gasteiger partial charge is 0.399 e. The zero-order valence-electron chi connectivity index (χ0n) is 41.0. The Morgan fingerprint density at radius 3 is 1.17 bits per heavy atom. The van der Waals surface area contributed by atoms with Crippen molar-refractivity contribution in [3.63, 3.8) is 0 Å². The van der Waals surface area contributed by atoms with Crippen LogP contribution in [0.3, 0.4) is 0 Å². The summed E-state index contributed by atoms with van der Waals surface area (Å²) >= 11 is 0. The van der Waals surface area contributed by atoms with Crippen LogP contribution < -0.4 is 5.73 Å². The number of hydrogen-bond acceptors (Lipinski definition) is 11. The first-order valence-electron chi connectivity index (χ1n) is 24.0. The Hall–Kier alpha value is -4.67. The lowest BCUT2D eigenvalue weighted by Crippen LogP contribution is -2.34. The smallest absolute Gasteiger partial charge is 0.191 e. The molecular weight excluding hydrogens is 949 g/mol. The van der Waals surface area contributed by atoms with Crippen LogP contribution in [0.25, 0.3) is 0 Å². The molecule has 0 spiro atoms. The number of rotatable bonds is 27. The van der Waals surface area contributed by atoms with Crippen LogP contribution in [0, 0.1) is 13.8 Å². The van der Waals surface area contributed by atoms with E-state index in [1.165, 1.54) is 87.7 Å². The minimum absolute atomic E-state index is 0.175. The number of anilines is 1. The van der Waals surface area contributed by atoms with Crippen molar-refractivity contribution in [3.8, 4) is 0 Å². The first kappa shape index (κ1) is 58.6. The highest BCUT2D eigenvalue weighted by molar-refractivity contribution is 7.92. The number of carbonyl (C=O) groups is 1. The molecule has 0 heterocycles. The minimum Gasteiger partial charge on any atom is -0.399 e. The highest BCUT2D eigenvalue weighted by Crippen LogP contribution is 2.20. The second-order valence-electron chi connectivity index (χ2n) is 17.4. The normalized spacial score (nSPS) is 11.8. The lowest BCUT2D eigenvalue weighted by Gasteiger charge is -2.20. The zero-order chi connectivity index (χ0) is 50.8. The molecule has 378 valence electrons. The van der Waals surface area contributed by atoms with Gasteiger partial charge in [0, 0.05) is 11.3 Å². The summed E-state index contributed by atoms with van der Waals surface area (Å²) in [7, 11) is -13.9. The Labute approximate surface area is 414 Å². The van der Waals surface area contributed by atoms with Crippen molar-refractivity contribution in [1.29, 1.82) is 0 Å². The molecule has 0 aliphatic carbocycles. The van der Waals surface area contributed by atoms with Gasteiger partial charge >= 0.3 is 0 Å². The second-order valence-corrected chi connectivity index (χ2v) is 25.5. The summed E-state index contributed by atoms with van der Waals surface area (Å²) in [6.45, 7) is 8.08. The van der Waals surface area contributed by atoms with Crippen LogP contribution in [-0.4, -0.2) is 74.2 Å². The van der Waals surface area contributed by atoms with Crippen LogP contribution in [0.5, 0.6) is 0 Å². The van der Waals surface area contributed by atoms with Crippen molar-refractivity contribution in [2.24, 2.45) is 0 Å². The molecular formula is C54H74N2O9S4. The predicted molar refractivity (Wildman–Crippen MR) is 281 cm³/mol. The van der Waals surface area contributed by atoms with Gasteiger partial charge in [0.2, 0.25) is 0 Å². The van der Waals surface area contributed by atoms with E-state index in [1.54, 1.807) is 128 Å². The van der Waals surface area contributed by atoms with E-state index in [2.05, 4.69) is 6.92 Å². The summed E-state index contributed by atoms with van der Waals surface area (Å²) in [4.78, 5) is 14.2. The van der Waals surface area contributed by atoms with Gasteiger partial charge < -0.3 is 5.73 Å². The summed E-state index contributed by atoms with van der Waals surface area (Å²) in [5.74, 6) is -1.31. The fraction of sp³-hybridized carbons (Fsp3) is 0.426. The van der Waals surface area contributed by atoms with Gasteiger partial charge in [-0.25, -0.2) is 33.7 Å². The third-order valence-corrected chi connectivity index (χ3v) is 18.3. The molecule has 0 aliphatic heterocycles. The average molecular weight is 1020 g/mol. The van der Waals surface area contributed by atoms with Gasteiger partial charge in [-0.3, -0.25) is 9.69 Å². The number of aryl methyl sites for hydroxylation is 2. The van der Waals surface area contributed by atoms with E-state index < -0.39 is 45.1 Å². The summed E-state index contributed by atoms with van der Waals surface area (Å²) < 4.78 is 98.6. The Balaban J connectivity index is 0.000000278. The van der Waals surface area contributed by atoms with Crippen molar-refractivity contribution in [3.05, 3.63) is 150 Å². The van der Waals surface area contributed by atoms with E-state index in [0.29, 0.717) is 22.7 Å². The number of hydrogen-bond donors (Lipinski definition) is 1. The molecule has 5 rings (SSSR count). The molecule has 5 aromatic rings. The highest BCUT2D eigenvalue weighted by Gasteiger charge is 2.24. The molecule has 0 saturated heterocycles. The van der Waals surface area contributed by atoms with Gasteiger partial charge in [0.25, 0.3) is 0 Å². The number of nitrogens with zero attached hydrogens (tertiary/aromatic N) is 1. The fourth-order valence-corrected chi connectivity index (χ4v) is 12.9. The predicted octanol–water partition coefficient (Wildman–Crippen LogP) is 11.7. The van der Waals surface area contributed by atoms with Gasteiger partial charge in [0.05, 0.1) is 25.3 Å². The first-order chi connectivity index (χ1) is 32.8. The number of nitrogens with two attached hydrogens (primary N) is 1. The van der Waals surface area contributed by atoms with Crippen LogP contribution in [0.15, 0.2) is 153 Å². The zero-order valence-corrected chi connectivity index (χ0v) is 44.2. The number of carbonyl (C=O) groups excluding carboxylic acids is 1.